The molecule has 2 nitrogen and oxygen atoms in total. The summed E-state index contributed by atoms with van der Waals surface area (Å²) in [5.74, 6) is 0.134. The standard InChI is InChI=1S/C20H23Cl2NO/c1-12-18(14-4-8-16(21)9-5-14)23-19(13(2)20(12,3)24)15-6-10-17(22)11-7-15/h4-13,18-19,23-24H,1-3H3/t12-,13-,18-,19+,20?/m0/s1. The topological polar surface area (TPSA) is 32.3 Å². The summed E-state index contributed by atoms with van der Waals surface area (Å²) in [6.45, 7) is 6.14. The lowest BCUT2D eigenvalue weighted by Gasteiger charge is -2.50. The molecule has 1 unspecified atom stereocenters. The van der Waals surface area contributed by atoms with Crippen LogP contribution in [0.4, 0.5) is 0 Å². The maximum Gasteiger partial charge on any atom is 0.0706 e. The Morgan fingerprint density at radius 1 is 0.792 bits per heavy atom. The molecule has 1 saturated heterocycles. The largest absolute Gasteiger partial charge is 0.389 e. The third kappa shape index (κ3) is 3.21. The normalized spacial score (nSPS) is 33.4. The van der Waals surface area contributed by atoms with Gasteiger partial charge in [-0.05, 0) is 42.3 Å². The van der Waals surface area contributed by atoms with Crippen molar-refractivity contribution in [2.45, 2.75) is 38.5 Å². The van der Waals surface area contributed by atoms with Gasteiger partial charge in [0.15, 0.2) is 0 Å². The van der Waals surface area contributed by atoms with Crippen LogP contribution >= 0.6 is 23.2 Å². The molecule has 5 atom stereocenters. The Bertz CT molecular complexity index is 637. The van der Waals surface area contributed by atoms with E-state index in [9.17, 15) is 5.11 Å². The molecule has 1 heterocycles. The average Bonchev–Trinajstić information content (AvgIpc) is 2.56. The first-order valence-electron chi connectivity index (χ1n) is 8.30. The maximum atomic E-state index is 11.2. The minimum absolute atomic E-state index is 0.0501. The average molecular weight is 364 g/mol. The molecule has 1 aliphatic heterocycles. The van der Waals surface area contributed by atoms with Gasteiger partial charge in [0.1, 0.15) is 0 Å². The Balaban J connectivity index is 1.98. The van der Waals surface area contributed by atoms with Crippen molar-refractivity contribution in [3.8, 4) is 0 Å². The Morgan fingerprint density at radius 3 is 1.46 bits per heavy atom. The van der Waals surface area contributed by atoms with E-state index < -0.39 is 5.60 Å². The number of hydrogen-bond acceptors (Lipinski definition) is 2. The maximum absolute atomic E-state index is 11.2. The van der Waals surface area contributed by atoms with Crippen LogP contribution in [0.2, 0.25) is 10.0 Å². The van der Waals surface area contributed by atoms with Gasteiger partial charge in [-0.3, -0.25) is 0 Å². The van der Waals surface area contributed by atoms with E-state index in [-0.39, 0.29) is 23.9 Å². The third-order valence-corrected chi connectivity index (χ3v) is 6.17. The number of rotatable bonds is 2. The molecule has 0 amide bonds. The molecule has 0 aliphatic carbocycles. The zero-order valence-corrected chi connectivity index (χ0v) is 15.6. The summed E-state index contributed by atoms with van der Waals surface area (Å²) in [5, 5.41) is 16.4. The molecule has 1 fully saturated rings. The number of benzene rings is 2. The second-order valence-corrected chi connectivity index (χ2v) is 7.90. The van der Waals surface area contributed by atoms with E-state index in [1.807, 2.05) is 55.5 Å². The number of nitrogens with one attached hydrogen (secondary N) is 1. The van der Waals surface area contributed by atoms with Crippen molar-refractivity contribution in [1.29, 1.82) is 0 Å². The fourth-order valence-corrected chi connectivity index (χ4v) is 3.93. The van der Waals surface area contributed by atoms with E-state index in [2.05, 4.69) is 19.2 Å². The fraction of sp³-hybridized carbons (Fsp3) is 0.400. The molecular weight excluding hydrogens is 341 g/mol. The van der Waals surface area contributed by atoms with Crippen LogP contribution in [-0.4, -0.2) is 10.7 Å². The van der Waals surface area contributed by atoms with Crippen LogP contribution in [0.15, 0.2) is 48.5 Å². The first kappa shape index (κ1) is 17.8. The summed E-state index contributed by atoms with van der Waals surface area (Å²) in [7, 11) is 0. The van der Waals surface area contributed by atoms with Gasteiger partial charge in [-0.25, -0.2) is 0 Å². The van der Waals surface area contributed by atoms with Crippen molar-refractivity contribution < 1.29 is 5.11 Å². The van der Waals surface area contributed by atoms with E-state index in [1.54, 1.807) is 0 Å². The van der Waals surface area contributed by atoms with Crippen LogP contribution in [0.25, 0.3) is 0 Å². The van der Waals surface area contributed by atoms with Gasteiger partial charge in [-0.2, -0.15) is 0 Å². The van der Waals surface area contributed by atoms with E-state index in [0.717, 1.165) is 21.2 Å². The first-order chi connectivity index (χ1) is 11.3. The Morgan fingerprint density at radius 2 is 1.12 bits per heavy atom. The summed E-state index contributed by atoms with van der Waals surface area (Å²) in [6, 6.07) is 15.8. The summed E-state index contributed by atoms with van der Waals surface area (Å²) in [5.41, 5.74) is 1.48. The van der Waals surface area contributed by atoms with Crippen molar-refractivity contribution in [3.05, 3.63) is 69.7 Å². The fourth-order valence-electron chi connectivity index (χ4n) is 3.68. The third-order valence-electron chi connectivity index (χ3n) is 5.66. The molecule has 2 N–H and O–H groups in total. The molecular formula is C20H23Cl2NO. The highest BCUT2D eigenvalue weighted by molar-refractivity contribution is 6.30. The molecule has 24 heavy (non-hydrogen) atoms. The van der Waals surface area contributed by atoms with E-state index in [1.165, 1.54) is 0 Å². The highest BCUT2D eigenvalue weighted by Gasteiger charge is 2.48. The Hall–Kier alpha value is -1.06. The lowest BCUT2D eigenvalue weighted by atomic mass is 9.67. The molecule has 4 heteroatoms. The van der Waals surface area contributed by atoms with Crippen molar-refractivity contribution in [1.82, 2.24) is 5.32 Å². The Kier molecular flexibility index (Phi) is 4.94. The summed E-state index contributed by atoms with van der Waals surface area (Å²) in [4.78, 5) is 0. The summed E-state index contributed by atoms with van der Waals surface area (Å²) >= 11 is 12.0. The molecule has 3 rings (SSSR count). The highest BCUT2D eigenvalue weighted by atomic mass is 35.5. The van der Waals surface area contributed by atoms with Crippen LogP contribution in [0.1, 0.15) is 44.0 Å². The van der Waals surface area contributed by atoms with Gasteiger partial charge in [0.2, 0.25) is 0 Å². The summed E-state index contributed by atoms with van der Waals surface area (Å²) < 4.78 is 0. The molecule has 0 radical (unpaired) electrons. The number of piperidine rings is 1. The molecule has 0 aromatic heterocycles. The van der Waals surface area contributed by atoms with Crippen LogP contribution in [0.5, 0.6) is 0 Å². The number of hydrogen-bond donors (Lipinski definition) is 2. The quantitative estimate of drug-likeness (QED) is 0.748. The smallest absolute Gasteiger partial charge is 0.0706 e. The van der Waals surface area contributed by atoms with Crippen molar-refractivity contribution in [3.63, 3.8) is 0 Å². The van der Waals surface area contributed by atoms with Gasteiger partial charge in [-0.1, -0.05) is 61.3 Å². The molecule has 2 aromatic carbocycles. The summed E-state index contributed by atoms with van der Waals surface area (Å²) in [6.07, 6.45) is 0. The lowest BCUT2D eigenvalue weighted by molar-refractivity contribution is -0.0960. The second-order valence-electron chi connectivity index (χ2n) is 7.03. The minimum atomic E-state index is -0.792. The zero-order valence-electron chi connectivity index (χ0n) is 14.1. The van der Waals surface area contributed by atoms with Gasteiger partial charge in [0.25, 0.3) is 0 Å². The first-order valence-corrected chi connectivity index (χ1v) is 9.05. The van der Waals surface area contributed by atoms with Crippen LogP contribution in [-0.2, 0) is 0 Å². The van der Waals surface area contributed by atoms with E-state index in [4.69, 9.17) is 23.2 Å². The highest BCUT2D eigenvalue weighted by Crippen LogP contribution is 2.46. The Labute approximate surface area is 153 Å². The van der Waals surface area contributed by atoms with E-state index >= 15 is 0 Å². The molecule has 1 aliphatic rings. The van der Waals surface area contributed by atoms with Gasteiger partial charge >= 0.3 is 0 Å². The van der Waals surface area contributed by atoms with E-state index in [0.29, 0.717) is 0 Å². The van der Waals surface area contributed by atoms with Crippen LogP contribution < -0.4 is 5.32 Å². The number of aliphatic hydroxyl groups is 1. The van der Waals surface area contributed by atoms with Crippen LogP contribution in [0.3, 0.4) is 0 Å². The monoisotopic (exact) mass is 363 g/mol. The van der Waals surface area contributed by atoms with Crippen molar-refractivity contribution >= 4 is 23.2 Å². The van der Waals surface area contributed by atoms with Gasteiger partial charge in [-0.15, -0.1) is 0 Å². The molecule has 0 bridgehead atoms. The predicted octanol–water partition coefficient (Wildman–Crippen LogP) is 5.40. The van der Waals surface area contributed by atoms with Gasteiger partial charge in [0, 0.05) is 34.0 Å². The number of halogens is 2. The molecule has 128 valence electrons. The molecule has 2 aromatic rings. The molecule has 0 saturated carbocycles. The minimum Gasteiger partial charge on any atom is -0.389 e. The van der Waals surface area contributed by atoms with Gasteiger partial charge in [0.05, 0.1) is 5.60 Å². The SMILES string of the molecule is C[C@H]1[C@@H](c2ccc(Cl)cc2)N[C@@H](c2ccc(Cl)cc2)[C@H](C)C1(C)O. The second kappa shape index (κ2) is 6.68. The van der Waals surface area contributed by atoms with Crippen LogP contribution in [0, 0.1) is 11.8 Å². The molecule has 0 spiro atoms. The lowest BCUT2D eigenvalue weighted by Crippen LogP contribution is -2.56. The zero-order chi connectivity index (χ0) is 17.5. The van der Waals surface area contributed by atoms with Crippen molar-refractivity contribution in [2.24, 2.45) is 11.8 Å². The van der Waals surface area contributed by atoms with Gasteiger partial charge < -0.3 is 10.4 Å². The predicted molar refractivity (Wildman–Crippen MR) is 100 cm³/mol. The van der Waals surface area contributed by atoms with Crippen molar-refractivity contribution in [2.75, 3.05) is 0 Å².